The third-order valence-corrected chi connectivity index (χ3v) is 4.55. The summed E-state index contributed by atoms with van der Waals surface area (Å²) in [6.45, 7) is 2.74. The van der Waals surface area contributed by atoms with E-state index in [-0.39, 0.29) is 5.75 Å². The molecule has 3 aromatic carbocycles. The highest BCUT2D eigenvalue weighted by molar-refractivity contribution is 5.90. The molecule has 1 heterocycles. The first-order valence-corrected chi connectivity index (χ1v) is 9.30. The van der Waals surface area contributed by atoms with Crippen LogP contribution in [0.4, 0.5) is 17.5 Å². The summed E-state index contributed by atoms with van der Waals surface area (Å²) in [5.41, 5.74) is 3.75. The largest absolute Gasteiger partial charge is 0.506 e. The van der Waals surface area contributed by atoms with E-state index in [2.05, 4.69) is 32.7 Å². The summed E-state index contributed by atoms with van der Waals surface area (Å²) < 4.78 is 0. The maximum atomic E-state index is 10.1. The van der Waals surface area contributed by atoms with Gasteiger partial charge in [0, 0.05) is 11.9 Å². The van der Waals surface area contributed by atoms with Crippen molar-refractivity contribution in [2.75, 3.05) is 17.2 Å². The van der Waals surface area contributed by atoms with Crippen molar-refractivity contribution >= 4 is 28.4 Å². The van der Waals surface area contributed by atoms with E-state index in [1.165, 1.54) is 5.56 Å². The second-order valence-electron chi connectivity index (χ2n) is 6.72. The summed E-state index contributed by atoms with van der Waals surface area (Å²) in [7, 11) is 0. The Morgan fingerprint density at radius 1 is 0.893 bits per heavy atom. The standard InChI is InChI=1S/C23H22N4O/c1-16-11-12-21(28)20(15-16)26-23-25-19-10-6-5-9-18(19)22(27-23)24-14-13-17-7-3-2-4-8-17/h2-12,15,28H,13-14H2,1H3,(H2,24,25,26,27). The molecule has 0 bridgehead atoms. The number of aromatic hydroxyl groups is 1. The van der Waals surface area contributed by atoms with E-state index in [0.29, 0.717) is 11.6 Å². The quantitative estimate of drug-likeness (QED) is 0.415. The number of aromatic nitrogens is 2. The van der Waals surface area contributed by atoms with Gasteiger partial charge in [-0.05, 0) is 48.7 Å². The molecule has 3 N–H and O–H groups in total. The van der Waals surface area contributed by atoms with Crippen LogP contribution in [0.3, 0.4) is 0 Å². The normalized spacial score (nSPS) is 10.8. The molecule has 0 saturated heterocycles. The average molecular weight is 370 g/mol. The molecule has 4 aromatic rings. The van der Waals surface area contributed by atoms with Crippen LogP contribution in [0.15, 0.2) is 72.8 Å². The van der Waals surface area contributed by atoms with E-state index in [4.69, 9.17) is 0 Å². The Balaban J connectivity index is 1.60. The summed E-state index contributed by atoms with van der Waals surface area (Å²) in [5.74, 6) is 1.39. The predicted molar refractivity (Wildman–Crippen MR) is 114 cm³/mol. The topological polar surface area (TPSA) is 70.1 Å². The number of benzene rings is 3. The number of phenols is 1. The number of aryl methyl sites for hydroxylation is 1. The Hall–Kier alpha value is -3.60. The molecule has 0 spiro atoms. The lowest BCUT2D eigenvalue weighted by molar-refractivity contribution is 0.477. The SMILES string of the molecule is Cc1ccc(O)c(Nc2nc(NCCc3ccccc3)c3ccccc3n2)c1. The van der Waals surface area contributed by atoms with Crippen molar-refractivity contribution in [2.24, 2.45) is 0 Å². The third-order valence-electron chi connectivity index (χ3n) is 4.55. The molecule has 5 nitrogen and oxygen atoms in total. The van der Waals surface area contributed by atoms with Crippen molar-refractivity contribution in [1.29, 1.82) is 0 Å². The van der Waals surface area contributed by atoms with Gasteiger partial charge in [-0.25, -0.2) is 4.98 Å². The molecule has 28 heavy (non-hydrogen) atoms. The van der Waals surface area contributed by atoms with Crippen molar-refractivity contribution in [3.8, 4) is 5.75 Å². The fourth-order valence-corrected chi connectivity index (χ4v) is 3.11. The van der Waals surface area contributed by atoms with Crippen molar-refractivity contribution < 1.29 is 5.11 Å². The van der Waals surface area contributed by atoms with Gasteiger partial charge in [-0.1, -0.05) is 48.5 Å². The van der Waals surface area contributed by atoms with Gasteiger partial charge in [0.1, 0.15) is 11.6 Å². The summed E-state index contributed by atoms with van der Waals surface area (Å²) in [5, 5.41) is 17.7. The van der Waals surface area contributed by atoms with Gasteiger partial charge in [0.15, 0.2) is 0 Å². The van der Waals surface area contributed by atoms with E-state index in [9.17, 15) is 5.11 Å². The van der Waals surface area contributed by atoms with Gasteiger partial charge in [-0.2, -0.15) is 4.98 Å². The molecule has 4 rings (SSSR count). The molecular formula is C23H22N4O. The van der Waals surface area contributed by atoms with Crippen LogP contribution in [0.25, 0.3) is 10.9 Å². The average Bonchev–Trinajstić information content (AvgIpc) is 2.71. The molecular weight excluding hydrogens is 348 g/mol. The number of anilines is 3. The molecule has 0 aliphatic rings. The molecule has 0 amide bonds. The minimum Gasteiger partial charge on any atom is -0.506 e. The Morgan fingerprint density at radius 2 is 1.68 bits per heavy atom. The minimum absolute atomic E-state index is 0.168. The summed E-state index contributed by atoms with van der Waals surface area (Å²) in [6.07, 6.45) is 0.903. The van der Waals surface area contributed by atoms with Crippen molar-refractivity contribution in [2.45, 2.75) is 13.3 Å². The Bertz CT molecular complexity index is 1100. The molecule has 5 heteroatoms. The molecule has 140 valence electrons. The molecule has 0 aliphatic heterocycles. The third kappa shape index (κ3) is 4.04. The highest BCUT2D eigenvalue weighted by atomic mass is 16.3. The van der Waals surface area contributed by atoms with Crippen LogP contribution in [-0.2, 0) is 6.42 Å². The van der Waals surface area contributed by atoms with Crippen LogP contribution in [0.5, 0.6) is 5.75 Å². The Morgan fingerprint density at radius 3 is 2.54 bits per heavy atom. The first-order chi connectivity index (χ1) is 13.7. The zero-order valence-corrected chi connectivity index (χ0v) is 15.7. The van der Waals surface area contributed by atoms with Gasteiger partial charge in [-0.3, -0.25) is 0 Å². The predicted octanol–water partition coefficient (Wildman–Crippen LogP) is 5.04. The molecule has 0 atom stereocenters. The summed E-state index contributed by atoms with van der Waals surface area (Å²) in [6, 6.07) is 23.7. The van der Waals surface area contributed by atoms with Gasteiger partial charge in [0.2, 0.25) is 5.95 Å². The number of rotatable bonds is 6. The number of phenolic OH excluding ortho intramolecular Hbond substituents is 1. The molecule has 0 saturated carbocycles. The number of nitrogens with one attached hydrogen (secondary N) is 2. The van der Waals surface area contributed by atoms with Gasteiger partial charge < -0.3 is 15.7 Å². The number of hydrogen-bond donors (Lipinski definition) is 3. The van der Waals surface area contributed by atoms with Crippen molar-refractivity contribution in [3.05, 3.63) is 83.9 Å². The zero-order valence-electron chi connectivity index (χ0n) is 15.7. The fourth-order valence-electron chi connectivity index (χ4n) is 3.11. The first kappa shape index (κ1) is 17.8. The Labute approximate surface area is 164 Å². The smallest absolute Gasteiger partial charge is 0.229 e. The molecule has 0 unspecified atom stereocenters. The second kappa shape index (κ2) is 7.96. The maximum Gasteiger partial charge on any atom is 0.229 e. The fraction of sp³-hybridized carbons (Fsp3) is 0.130. The van der Waals surface area contributed by atoms with E-state index < -0.39 is 0 Å². The van der Waals surface area contributed by atoms with Crippen LogP contribution in [0.2, 0.25) is 0 Å². The van der Waals surface area contributed by atoms with E-state index >= 15 is 0 Å². The molecule has 0 aliphatic carbocycles. The molecule has 0 radical (unpaired) electrons. The number of nitrogens with zero attached hydrogens (tertiary/aromatic N) is 2. The number of fused-ring (bicyclic) bond motifs is 1. The van der Waals surface area contributed by atoms with Gasteiger partial charge in [0.05, 0.1) is 11.2 Å². The Kier molecular flexibility index (Phi) is 5.06. The van der Waals surface area contributed by atoms with Crippen LogP contribution < -0.4 is 10.6 Å². The maximum absolute atomic E-state index is 10.1. The highest BCUT2D eigenvalue weighted by Crippen LogP contribution is 2.28. The van der Waals surface area contributed by atoms with Crippen LogP contribution in [0.1, 0.15) is 11.1 Å². The van der Waals surface area contributed by atoms with Crippen molar-refractivity contribution in [1.82, 2.24) is 9.97 Å². The minimum atomic E-state index is 0.168. The van der Waals surface area contributed by atoms with Crippen LogP contribution in [0, 0.1) is 6.92 Å². The zero-order chi connectivity index (χ0) is 19.3. The van der Waals surface area contributed by atoms with Crippen LogP contribution >= 0.6 is 0 Å². The highest BCUT2D eigenvalue weighted by Gasteiger charge is 2.09. The summed E-state index contributed by atoms with van der Waals surface area (Å²) in [4.78, 5) is 9.25. The van der Waals surface area contributed by atoms with Crippen molar-refractivity contribution in [3.63, 3.8) is 0 Å². The monoisotopic (exact) mass is 370 g/mol. The van der Waals surface area contributed by atoms with Crippen LogP contribution in [-0.4, -0.2) is 21.6 Å². The molecule has 1 aromatic heterocycles. The van der Waals surface area contributed by atoms with E-state index in [1.54, 1.807) is 6.07 Å². The number of hydrogen-bond acceptors (Lipinski definition) is 5. The lowest BCUT2D eigenvalue weighted by Crippen LogP contribution is -2.09. The second-order valence-corrected chi connectivity index (χ2v) is 6.72. The molecule has 0 fully saturated rings. The van der Waals surface area contributed by atoms with Gasteiger partial charge in [0.25, 0.3) is 0 Å². The lowest BCUT2D eigenvalue weighted by Gasteiger charge is -2.13. The first-order valence-electron chi connectivity index (χ1n) is 9.30. The van der Waals surface area contributed by atoms with E-state index in [1.807, 2.05) is 61.5 Å². The van der Waals surface area contributed by atoms with Gasteiger partial charge in [-0.15, -0.1) is 0 Å². The van der Waals surface area contributed by atoms with Gasteiger partial charge >= 0.3 is 0 Å². The lowest BCUT2D eigenvalue weighted by atomic mass is 10.1. The number of para-hydroxylation sites is 1. The van der Waals surface area contributed by atoms with E-state index in [0.717, 1.165) is 35.2 Å². The summed E-state index contributed by atoms with van der Waals surface area (Å²) >= 11 is 0.